The number of likely N-dealkylation sites (tertiary alicyclic amines) is 1. The highest BCUT2D eigenvalue weighted by Crippen LogP contribution is 2.42. The van der Waals surface area contributed by atoms with Gasteiger partial charge in [-0.25, -0.2) is 23.5 Å². The second-order valence-corrected chi connectivity index (χ2v) is 10.2. The van der Waals surface area contributed by atoms with Crippen molar-refractivity contribution in [2.45, 2.75) is 26.2 Å². The van der Waals surface area contributed by atoms with E-state index in [1.807, 2.05) is 24.0 Å². The number of carbonyl (C=O) groups is 1. The number of aromatic nitrogens is 3. The number of hydrogen-bond donors (Lipinski definition) is 2. The number of anilines is 2. The van der Waals surface area contributed by atoms with E-state index in [-0.39, 0.29) is 17.0 Å². The van der Waals surface area contributed by atoms with Gasteiger partial charge in [-0.3, -0.25) is 0 Å². The van der Waals surface area contributed by atoms with Crippen LogP contribution in [0.4, 0.5) is 25.0 Å². The van der Waals surface area contributed by atoms with Crippen molar-refractivity contribution in [3.05, 3.63) is 72.4 Å². The molecule has 0 radical (unpaired) electrons. The van der Waals surface area contributed by atoms with Gasteiger partial charge >= 0.3 is 6.03 Å². The lowest BCUT2D eigenvalue weighted by Crippen LogP contribution is -2.42. The quantitative estimate of drug-likeness (QED) is 0.353. The summed E-state index contributed by atoms with van der Waals surface area (Å²) in [5.74, 6) is 0.662. The molecule has 196 valence electrons. The average Bonchev–Trinajstić information content (AvgIpc) is 3.51. The number of ether oxygens (including phenoxy) is 1. The second kappa shape index (κ2) is 9.59. The number of nitrogens with one attached hydrogen (secondary N) is 2. The molecule has 2 saturated heterocycles. The topological polar surface area (TPSA) is 86.4 Å². The fourth-order valence-corrected chi connectivity index (χ4v) is 5.50. The van der Waals surface area contributed by atoms with Gasteiger partial charge in [-0.1, -0.05) is 0 Å². The van der Waals surface area contributed by atoms with Gasteiger partial charge in [0.2, 0.25) is 0 Å². The van der Waals surface area contributed by atoms with Crippen LogP contribution >= 0.6 is 0 Å². The lowest BCUT2D eigenvalue weighted by atomic mass is 9.77. The van der Waals surface area contributed by atoms with Crippen molar-refractivity contribution in [2.75, 3.05) is 36.4 Å². The fraction of sp³-hybridized carbons (Fsp3) is 0.321. The second-order valence-electron chi connectivity index (χ2n) is 10.2. The summed E-state index contributed by atoms with van der Waals surface area (Å²) in [6.45, 7) is 4.97. The summed E-state index contributed by atoms with van der Waals surface area (Å²) < 4.78 is 33.6. The number of amides is 2. The molecule has 4 heterocycles. The molecule has 2 aromatic carbocycles. The lowest BCUT2D eigenvalue weighted by molar-refractivity contribution is 0.198. The Labute approximate surface area is 218 Å². The van der Waals surface area contributed by atoms with Gasteiger partial charge in [0.05, 0.1) is 23.6 Å². The fourth-order valence-electron chi connectivity index (χ4n) is 5.50. The Kier molecular flexibility index (Phi) is 6.09. The summed E-state index contributed by atoms with van der Waals surface area (Å²) in [5, 5.41) is 3.16. The van der Waals surface area contributed by atoms with Gasteiger partial charge in [0.25, 0.3) is 0 Å². The van der Waals surface area contributed by atoms with Crippen molar-refractivity contribution >= 4 is 28.3 Å². The predicted octanol–water partition coefficient (Wildman–Crippen LogP) is 5.86. The van der Waals surface area contributed by atoms with Crippen LogP contribution in [0, 0.1) is 24.0 Å². The first-order valence-electron chi connectivity index (χ1n) is 12.7. The van der Waals surface area contributed by atoms with E-state index in [2.05, 4.69) is 37.3 Å². The van der Waals surface area contributed by atoms with Crippen LogP contribution in [0.25, 0.3) is 10.9 Å². The minimum Gasteiger partial charge on any atom is -0.454 e. The van der Waals surface area contributed by atoms with Gasteiger partial charge in [0, 0.05) is 49.5 Å². The van der Waals surface area contributed by atoms with Crippen molar-refractivity contribution < 1.29 is 18.3 Å². The maximum Gasteiger partial charge on any atom is 0.321 e. The van der Waals surface area contributed by atoms with Crippen LogP contribution in [0.3, 0.4) is 0 Å². The molecule has 2 amide bonds. The predicted molar refractivity (Wildman–Crippen MR) is 141 cm³/mol. The van der Waals surface area contributed by atoms with Crippen LogP contribution in [-0.4, -0.2) is 52.1 Å². The average molecular weight is 519 g/mol. The number of benzene rings is 2. The van der Waals surface area contributed by atoms with Crippen molar-refractivity contribution in [1.29, 1.82) is 0 Å². The molecule has 0 bridgehead atoms. The molecule has 8 nitrogen and oxygen atoms in total. The Morgan fingerprint density at radius 3 is 2.47 bits per heavy atom. The van der Waals surface area contributed by atoms with Crippen molar-refractivity contribution in [2.24, 2.45) is 5.41 Å². The van der Waals surface area contributed by atoms with Gasteiger partial charge in [0.15, 0.2) is 5.75 Å². The molecular weight excluding hydrogens is 490 g/mol. The van der Waals surface area contributed by atoms with E-state index in [9.17, 15) is 13.6 Å². The third kappa shape index (κ3) is 4.73. The third-order valence-corrected chi connectivity index (χ3v) is 7.69. The molecule has 2 aliphatic rings. The van der Waals surface area contributed by atoms with E-state index in [1.165, 1.54) is 12.3 Å². The number of hydrogen-bond acceptors (Lipinski definition) is 5. The summed E-state index contributed by atoms with van der Waals surface area (Å²) in [4.78, 5) is 28.3. The van der Waals surface area contributed by atoms with E-state index in [1.54, 1.807) is 12.4 Å². The number of aromatic amines is 1. The van der Waals surface area contributed by atoms with Crippen molar-refractivity contribution in [1.82, 2.24) is 19.9 Å². The Hall–Kier alpha value is -4.21. The van der Waals surface area contributed by atoms with Crippen LogP contribution in [0.1, 0.15) is 25.1 Å². The number of fused-ring (bicyclic) bond motifs is 1. The monoisotopic (exact) mass is 518 g/mol. The first kappa shape index (κ1) is 24.1. The Balaban J connectivity index is 1.04. The number of rotatable bonds is 4. The molecule has 0 aliphatic carbocycles. The molecule has 6 rings (SSSR count). The minimum atomic E-state index is -0.685. The number of aryl methyl sites for hydroxylation is 1. The summed E-state index contributed by atoms with van der Waals surface area (Å²) in [7, 11) is 0. The van der Waals surface area contributed by atoms with E-state index >= 15 is 0 Å². The van der Waals surface area contributed by atoms with Gasteiger partial charge in [-0.05, 0) is 61.9 Å². The SMILES string of the molecule is Cc1ncc(Oc2ccc(N3CCC4(CCN(C(=O)Nc5c[nH]c6c(F)cc(F)cc56)C4)CC3)cc2)cn1. The smallest absolute Gasteiger partial charge is 0.321 e. The summed E-state index contributed by atoms with van der Waals surface area (Å²) in [6, 6.07) is 9.82. The molecule has 2 fully saturated rings. The molecule has 10 heteroatoms. The third-order valence-electron chi connectivity index (χ3n) is 7.69. The zero-order valence-corrected chi connectivity index (χ0v) is 21.0. The number of urea groups is 1. The standard InChI is InChI=1S/C28H28F2N6O2/c1-18-31-14-22(15-32-18)38-21-4-2-20(3-5-21)35-9-6-28(7-10-35)8-11-36(17-28)27(37)34-25-16-33-26-23(25)12-19(29)13-24(26)30/h2-5,12-16,33H,6-11,17H2,1H3,(H,34,37). The van der Waals surface area contributed by atoms with Crippen LogP contribution in [0.2, 0.25) is 0 Å². The number of piperidine rings is 1. The molecular formula is C28H28F2N6O2. The summed E-state index contributed by atoms with van der Waals surface area (Å²) in [5.41, 5.74) is 1.77. The van der Waals surface area contributed by atoms with Crippen LogP contribution in [-0.2, 0) is 0 Å². The van der Waals surface area contributed by atoms with Crippen LogP contribution in [0.15, 0.2) is 55.0 Å². The van der Waals surface area contributed by atoms with E-state index in [0.29, 0.717) is 35.7 Å². The number of halogens is 2. The number of nitrogens with zero attached hydrogens (tertiary/aromatic N) is 4. The highest BCUT2D eigenvalue weighted by atomic mass is 19.1. The van der Waals surface area contributed by atoms with Gasteiger partial charge < -0.3 is 24.8 Å². The molecule has 38 heavy (non-hydrogen) atoms. The molecule has 0 saturated carbocycles. The number of carbonyl (C=O) groups excluding carboxylic acids is 1. The van der Waals surface area contributed by atoms with Gasteiger partial charge in [-0.15, -0.1) is 0 Å². The minimum absolute atomic E-state index is 0.0841. The van der Waals surface area contributed by atoms with Gasteiger partial charge in [0.1, 0.15) is 23.2 Å². The number of H-pyrrole nitrogens is 1. The largest absolute Gasteiger partial charge is 0.454 e. The molecule has 1 spiro atoms. The van der Waals surface area contributed by atoms with Gasteiger partial charge in [-0.2, -0.15) is 0 Å². The molecule has 0 unspecified atom stereocenters. The highest BCUT2D eigenvalue weighted by Gasteiger charge is 2.42. The van der Waals surface area contributed by atoms with E-state index < -0.39 is 11.6 Å². The summed E-state index contributed by atoms with van der Waals surface area (Å²) in [6.07, 6.45) is 7.73. The molecule has 2 N–H and O–H groups in total. The van der Waals surface area contributed by atoms with Crippen LogP contribution in [0.5, 0.6) is 11.5 Å². The van der Waals surface area contributed by atoms with Crippen molar-refractivity contribution in [3.8, 4) is 11.5 Å². The van der Waals surface area contributed by atoms with E-state index in [0.717, 1.165) is 49.9 Å². The zero-order chi connectivity index (χ0) is 26.3. The molecule has 0 atom stereocenters. The van der Waals surface area contributed by atoms with Crippen LogP contribution < -0.4 is 15.0 Å². The normalized spacial score (nSPS) is 16.8. The maximum atomic E-state index is 14.0. The zero-order valence-electron chi connectivity index (χ0n) is 21.0. The maximum absolute atomic E-state index is 14.0. The lowest BCUT2D eigenvalue weighted by Gasteiger charge is -2.40. The van der Waals surface area contributed by atoms with E-state index in [4.69, 9.17) is 4.74 Å². The summed E-state index contributed by atoms with van der Waals surface area (Å²) >= 11 is 0. The first-order valence-corrected chi connectivity index (χ1v) is 12.7. The Morgan fingerprint density at radius 2 is 1.74 bits per heavy atom. The molecule has 2 aromatic heterocycles. The van der Waals surface area contributed by atoms with Crippen molar-refractivity contribution in [3.63, 3.8) is 0 Å². The highest BCUT2D eigenvalue weighted by molar-refractivity contribution is 6.01. The Bertz CT molecular complexity index is 1460. The first-order chi connectivity index (χ1) is 18.4. The molecule has 2 aliphatic heterocycles. The molecule has 4 aromatic rings. The Morgan fingerprint density at radius 1 is 1.03 bits per heavy atom.